The highest BCUT2D eigenvalue weighted by Crippen LogP contribution is 2.16. The van der Waals surface area contributed by atoms with E-state index in [1.54, 1.807) is 12.2 Å². The number of nitrogens with zero attached hydrogens (tertiary/aromatic N) is 1. The second-order valence-electron chi connectivity index (χ2n) is 4.25. The van der Waals surface area contributed by atoms with Crippen molar-refractivity contribution < 1.29 is 4.79 Å². The second-order valence-corrected chi connectivity index (χ2v) is 4.25. The number of aryl methyl sites for hydroxylation is 1. The maximum absolute atomic E-state index is 11.4. The van der Waals surface area contributed by atoms with Crippen LogP contribution in [0, 0.1) is 6.92 Å². The van der Waals surface area contributed by atoms with Crippen molar-refractivity contribution in [2.45, 2.75) is 6.92 Å². The number of carbonyl (C=O) groups excluding carboxylic acids is 1. The summed E-state index contributed by atoms with van der Waals surface area (Å²) in [6, 6.07) is 9.98. The van der Waals surface area contributed by atoms with Crippen molar-refractivity contribution in [3.63, 3.8) is 0 Å². The van der Waals surface area contributed by atoms with Gasteiger partial charge in [-0.1, -0.05) is 30.3 Å². The molecule has 1 heterocycles. The van der Waals surface area contributed by atoms with Crippen LogP contribution in [0.5, 0.6) is 0 Å². The van der Waals surface area contributed by atoms with Gasteiger partial charge >= 0.3 is 0 Å². The minimum Gasteiger partial charge on any atom is -0.349 e. The largest absolute Gasteiger partial charge is 0.349 e. The predicted octanol–water partition coefficient (Wildman–Crippen LogP) is 2.86. The van der Waals surface area contributed by atoms with Gasteiger partial charge in [0.1, 0.15) is 0 Å². The molecule has 1 N–H and O–H groups in total. The number of carbonyl (C=O) groups is 1. The zero-order valence-electron chi connectivity index (χ0n) is 10.9. The van der Waals surface area contributed by atoms with Gasteiger partial charge in [0, 0.05) is 18.0 Å². The van der Waals surface area contributed by atoms with E-state index in [1.165, 1.54) is 6.08 Å². The minimum absolute atomic E-state index is 0.147. The summed E-state index contributed by atoms with van der Waals surface area (Å²) in [4.78, 5) is 16.0. The minimum atomic E-state index is -0.147. The first-order valence-corrected chi connectivity index (χ1v) is 6.14. The molecule has 2 aromatic rings. The quantitative estimate of drug-likeness (QED) is 0.671. The van der Waals surface area contributed by atoms with Crippen molar-refractivity contribution in [3.8, 4) is 0 Å². The Bertz CT molecular complexity index is 644. The number of hydrogen-bond donors (Lipinski definition) is 1. The number of benzene rings is 1. The Kier molecular flexibility index (Phi) is 4.08. The van der Waals surface area contributed by atoms with Crippen LogP contribution in [0.15, 0.2) is 49.1 Å². The number of nitrogens with one attached hydrogen (secondary N) is 1. The molecular weight excluding hydrogens is 236 g/mol. The predicted molar refractivity (Wildman–Crippen MR) is 78.7 cm³/mol. The second kappa shape index (κ2) is 5.96. The lowest BCUT2D eigenvalue weighted by molar-refractivity contribution is -0.116. The number of hydrogen-bond acceptors (Lipinski definition) is 2. The highest BCUT2D eigenvalue weighted by molar-refractivity contribution is 5.92. The topological polar surface area (TPSA) is 42.0 Å². The normalized spacial score (nSPS) is 10.8. The molecule has 0 aliphatic carbocycles. The first-order chi connectivity index (χ1) is 9.20. The van der Waals surface area contributed by atoms with E-state index < -0.39 is 0 Å². The average Bonchev–Trinajstić information content (AvgIpc) is 2.43. The van der Waals surface area contributed by atoms with Gasteiger partial charge in [-0.15, -0.1) is 6.58 Å². The summed E-state index contributed by atoms with van der Waals surface area (Å²) in [6.45, 7) is 6.04. The summed E-state index contributed by atoms with van der Waals surface area (Å²) in [5.74, 6) is -0.147. The average molecular weight is 252 g/mol. The molecule has 0 bridgehead atoms. The summed E-state index contributed by atoms with van der Waals surface area (Å²) in [6.07, 6.45) is 4.84. The molecule has 0 unspecified atom stereocenters. The molecule has 1 aromatic carbocycles. The number of rotatable bonds is 4. The number of amides is 1. The molecule has 3 heteroatoms. The Balaban J connectivity index is 2.22. The number of para-hydroxylation sites is 1. The molecule has 0 saturated heterocycles. The van der Waals surface area contributed by atoms with Gasteiger partial charge in [0.2, 0.25) is 5.91 Å². The lowest BCUT2D eigenvalue weighted by atomic mass is 10.1. The van der Waals surface area contributed by atoms with Gasteiger partial charge in [-0.3, -0.25) is 4.79 Å². The summed E-state index contributed by atoms with van der Waals surface area (Å²) in [5, 5.41) is 3.78. The van der Waals surface area contributed by atoms with E-state index in [-0.39, 0.29) is 5.91 Å². The van der Waals surface area contributed by atoms with Crippen LogP contribution < -0.4 is 5.32 Å². The third-order valence-electron chi connectivity index (χ3n) is 2.77. The summed E-state index contributed by atoms with van der Waals surface area (Å²) >= 11 is 0. The SMILES string of the molecule is C=CCNC(=O)/C=C/c1ccc2cccc(C)c2n1. The molecule has 0 saturated carbocycles. The third kappa shape index (κ3) is 3.28. The van der Waals surface area contributed by atoms with Gasteiger partial charge in [0.25, 0.3) is 0 Å². The van der Waals surface area contributed by atoms with E-state index in [2.05, 4.69) is 16.9 Å². The Morgan fingerprint density at radius 1 is 1.37 bits per heavy atom. The highest BCUT2D eigenvalue weighted by Gasteiger charge is 1.99. The fourth-order valence-corrected chi connectivity index (χ4v) is 1.80. The van der Waals surface area contributed by atoms with E-state index in [9.17, 15) is 4.79 Å². The first kappa shape index (κ1) is 13.0. The van der Waals surface area contributed by atoms with Crippen molar-refractivity contribution >= 4 is 22.9 Å². The molecule has 96 valence electrons. The van der Waals surface area contributed by atoms with E-state index in [1.807, 2.05) is 37.3 Å². The van der Waals surface area contributed by atoms with Crippen LogP contribution in [-0.2, 0) is 4.79 Å². The van der Waals surface area contributed by atoms with Crippen molar-refractivity contribution in [1.82, 2.24) is 10.3 Å². The van der Waals surface area contributed by atoms with Crippen LogP contribution in [0.1, 0.15) is 11.3 Å². The number of fused-ring (bicyclic) bond motifs is 1. The Morgan fingerprint density at radius 2 is 2.21 bits per heavy atom. The van der Waals surface area contributed by atoms with Crippen LogP contribution in [-0.4, -0.2) is 17.4 Å². The molecule has 0 atom stereocenters. The Labute approximate surface area is 112 Å². The molecule has 19 heavy (non-hydrogen) atoms. The summed E-state index contributed by atoms with van der Waals surface area (Å²) < 4.78 is 0. The summed E-state index contributed by atoms with van der Waals surface area (Å²) in [5.41, 5.74) is 2.87. The van der Waals surface area contributed by atoms with Crippen LogP contribution in [0.25, 0.3) is 17.0 Å². The van der Waals surface area contributed by atoms with Crippen molar-refractivity contribution in [2.75, 3.05) is 6.54 Å². The zero-order chi connectivity index (χ0) is 13.7. The van der Waals surface area contributed by atoms with Gasteiger partial charge in [0.05, 0.1) is 11.2 Å². The van der Waals surface area contributed by atoms with Crippen molar-refractivity contribution in [2.24, 2.45) is 0 Å². The highest BCUT2D eigenvalue weighted by atomic mass is 16.1. The van der Waals surface area contributed by atoms with E-state index >= 15 is 0 Å². The van der Waals surface area contributed by atoms with E-state index in [4.69, 9.17) is 0 Å². The fourth-order valence-electron chi connectivity index (χ4n) is 1.80. The lowest BCUT2D eigenvalue weighted by Gasteiger charge is -2.02. The molecular formula is C16H16N2O. The van der Waals surface area contributed by atoms with Gasteiger partial charge in [-0.05, 0) is 24.6 Å². The lowest BCUT2D eigenvalue weighted by Crippen LogP contribution is -2.20. The molecule has 1 amide bonds. The van der Waals surface area contributed by atoms with Crippen molar-refractivity contribution in [3.05, 3.63) is 60.3 Å². The molecule has 2 rings (SSSR count). The number of aromatic nitrogens is 1. The fraction of sp³-hybridized carbons (Fsp3) is 0.125. The molecule has 1 aromatic heterocycles. The Morgan fingerprint density at radius 3 is 3.00 bits per heavy atom. The molecule has 0 aliphatic rings. The molecule has 0 radical (unpaired) electrons. The van der Waals surface area contributed by atoms with Crippen LogP contribution in [0.2, 0.25) is 0 Å². The van der Waals surface area contributed by atoms with E-state index in [0.717, 1.165) is 22.2 Å². The van der Waals surface area contributed by atoms with Gasteiger partial charge in [0.15, 0.2) is 0 Å². The maximum atomic E-state index is 11.4. The van der Waals surface area contributed by atoms with Crippen molar-refractivity contribution in [1.29, 1.82) is 0 Å². The van der Waals surface area contributed by atoms with Gasteiger partial charge in [-0.2, -0.15) is 0 Å². The van der Waals surface area contributed by atoms with E-state index in [0.29, 0.717) is 6.54 Å². The molecule has 0 spiro atoms. The monoisotopic (exact) mass is 252 g/mol. The van der Waals surface area contributed by atoms with Gasteiger partial charge < -0.3 is 5.32 Å². The van der Waals surface area contributed by atoms with Crippen LogP contribution >= 0.6 is 0 Å². The third-order valence-corrected chi connectivity index (χ3v) is 2.77. The van der Waals surface area contributed by atoms with Crippen LogP contribution in [0.3, 0.4) is 0 Å². The smallest absolute Gasteiger partial charge is 0.244 e. The number of pyridine rings is 1. The molecule has 3 nitrogen and oxygen atoms in total. The standard InChI is InChI=1S/C16H16N2O/c1-3-11-17-15(19)10-9-14-8-7-13-6-4-5-12(2)16(13)18-14/h3-10H,1,11H2,2H3,(H,17,19)/b10-9+. The summed E-state index contributed by atoms with van der Waals surface area (Å²) in [7, 11) is 0. The zero-order valence-corrected chi connectivity index (χ0v) is 10.9. The van der Waals surface area contributed by atoms with Gasteiger partial charge in [-0.25, -0.2) is 4.98 Å². The first-order valence-electron chi connectivity index (χ1n) is 6.14. The molecule has 0 aliphatic heterocycles. The Hall–Kier alpha value is -2.42. The maximum Gasteiger partial charge on any atom is 0.244 e. The molecule has 0 fully saturated rings. The van der Waals surface area contributed by atoms with Crippen LogP contribution in [0.4, 0.5) is 0 Å².